The Morgan fingerprint density at radius 1 is 0.973 bits per heavy atom. The van der Waals surface area contributed by atoms with Crippen LogP contribution in [0.2, 0.25) is 0 Å². The van der Waals surface area contributed by atoms with E-state index >= 15 is 0 Å². The number of phenols is 1. The number of hydrogen-bond acceptors (Lipinski definition) is 7. The number of nitrogens with zero attached hydrogens (tertiary/aromatic N) is 2. The van der Waals surface area contributed by atoms with Crippen molar-refractivity contribution in [2.75, 3.05) is 7.11 Å². The second-order valence-electron chi connectivity index (χ2n) is 8.41. The monoisotopic (exact) mass is 499 g/mol. The quantitative estimate of drug-likeness (QED) is 0.226. The number of ether oxygens (including phenoxy) is 1. The summed E-state index contributed by atoms with van der Waals surface area (Å²) >= 11 is 0. The Bertz CT molecular complexity index is 1520. The third-order valence-corrected chi connectivity index (χ3v) is 5.69. The van der Waals surface area contributed by atoms with Gasteiger partial charge in [-0.25, -0.2) is 4.79 Å². The van der Waals surface area contributed by atoms with Crippen LogP contribution in [0, 0.1) is 13.8 Å². The minimum Gasteiger partial charge on any atom is -0.508 e. The van der Waals surface area contributed by atoms with Crippen molar-refractivity contribution in [1.29, 1.82) is 0 Å². The molecule has 0 atom stereocenters. The van der Waals surface area contributed by atoms with E-state index in [0.717, 1.165) is 5.56 Å². The first-order chi connectivity index (χ1) is 17.7. The van der Waals surface area contributed by atoms with Crippen LogP contribution in [-0.2, 0) is 16.1 Å². The Morgan fingerprint density at radius 3 is 2.41 bits per heavy atom. The number of nitrogens with one attached hydrogen (secondary N) is 3. The average molecular weight is 500 g/mol. The van der Waals surface area contributed by atoms with Crippen LogP contribution in [0.3, 0.4) is 0 Å². The zero-order chi connectivity index (χ0) is 26.5. The van der Waals surface area contributed by atoms with Gasteiger partial charge in [-0.15, -0.1) is 0 Å². The molecule has 37 heavy (non-hydrogen) atoms. The first-order valence-electron chi connectivity index (χ1n) is 11.3. The minimum atomic E-state index is -0.716. The average Bonchev–Trinajstić information content (AvgIpc) is 3.34. The van der Waals surface area contributed by atoms with Crippen molar-refractivity contribution in [1.82, 2.24) is 26.0 Å². The molecule has 4 rings (SSSR count). The number of amides is 2. The fourth-order valence-corrected chi connectivity index (χ4v) is 3.96. The van der Waals surface area contributed by atoms with Crippen LogP contribution >= 0.6 is 0 Å². The Morgan fingerprint density at radius 2 is 1.70 bits per heavy atom. The lowest BCUT2D eigenvalue weighted by Gasteiger charge is -2.14. The molecule has 10 heteroatoms. The van der Waals surface area contributed by atoms with E-state index in [-0.39, 0.29) is 23.9 Å². The maximum absolute atomic E-state index is 13.2. The highest BCUT2D eigenvalue weighted by Gasteiger charge is 2.20. The normalized spacial score (nSPS) is 11.3. The molecule has 0 aliphatic heterocycles. The van der Waals surface area contributed by atoms with Crippen molar-refractivity contribution in [2.45, 2.75) is 20.4 Å². The van der Waals surface area contributed by atoms with Gasteiger partial charge in [0.05, 0.1) is 7.11 Å². The summed E-state index contributed by atoms with van der Waals surface area (Å²) in [6.45, 7) is 3.67. The van der Waals surface area contributed by atoms with E-state index in [2.05, 4.69) is 26.0 Å². The van der Waals surface area contributed by atoms with Crippen LogP contribution in [0.5, 0.6) is 5.75 Å². The molecule has 0 saturated carbocycles. The molecule has 0 bridgehead atoms. The lowest BCUT2D eigenvalue weighted by Crippen LogP contribution is -2.29. The zero-order valence-corrected chi connectivity index (χ0v) is 20.5. The fraction of sp³-hybridized carbons (Fsp3) is 0.148. The molecule has 0 aliphatic carbocycles. The van der Waals surface area contributed by atoms with Gasteiger partial charge in [-0.2, -0.15) is 15.4 Å². The number of phenolic OH excluding ortho intramolecular Hbond substituents is 1. The smallest absolute Gasteiger partial charge is 0.354 e. The van der Waals surface area contributed by atoms with E-state index in [4.69, 9.17) is 4.74 Å². The van der Waals surface area contributed by atoms with Gasteiger partial charge in [-0.3, -0.25) is 9.59 Å². The third kappa shape index (κ3) is 5.81. The molecule has 1 heterocycles. The predicted octanol–water partition coefficient (Wildman–Crippen LogP) is 3.15. The Kier molecular flexibility index (Phi) is 7.28. The molecule has 10 nitrogen and oxygen atoms in total. The van der Waals surface area contributed by atoms with Crippen molar-refractivity contribution in [3.8, 4) is 5.75 Å². The van der Waals surface area contributed by atoms with Gasteiger partial charge in [-0.1, -0.05) is 18.2 Å². The predicted molar refractivity (Wildman–Crippen MR) is 137 cm³/mol. The Balaban J connectivity index is 1.53. The van der Waals surface area contributed by atoms with Crippen LogP contribution in [0.4, 0.5) is 0 Å². The molecular weight excluding hydrogens is 474 g/mol. The Hall–Kier alpha value is -4.99. The summed E-state index contributed by atoms with van der Waals surface area (Å²) < 4.78 is 4.85. The summed E-state index contributed by atoms with van der Waals surface area (Å²) in [5, 5.41) is 25.6. The fourth-order valence-electron chi connectivity index (χ4n) is 3.96. The molecule has 0 saturated heterocycles. The van der Waals surface area contributed by atoms with Gasteiger partial charge < -0.3 is 20.5 Å². The standard InChI is InChI=1S/C27H25N5O5/c1-15-9-19(25(34)28-14-18-5-4-6-20(33)11-18)10-16(2)24(15)26(35)29-23(27(36)37-3)13-17-7-8-21-22(12-17)31-32-30-21/h4-13,33H,14H2,1-3H3,(H,28,34)(H,29,35)(H,30,31,32)/b23-13-. The maximum Gasteiger partial charge on any atom is 0.354 e. The van der Waals surface area contributed by atoms with Crippen molar-refractivity contribution >= 4 is 34.9 Å². The van der Waals surface area contributed by atoms with Gasteiger partial charge in [0.1, 0.15) is 22.5 Å². The summed E-state index contributed by atoms with van der Waals surface area (Å²) in [5.41, 5.74) is 4.44. The number of carbonyl (C=O) groups is 3. The first-order valence-corrected chi connectivity index (χ1v) is 11.3. The number of esters is 1. The number of aromatic nitrogens is 3. The highest BCUT2D eigenvalue weighted by atomic mass is 16.5. The maximum atomic E-state index is 13.2. The second kappa shape index (κ2) is 10.7. The molecule has 0 aliphatic rings. The molecule has 4 aromatic rings. The number of rotatable bonds is 7. The molecule has 0 radical (unpaired) electrons. The highest BCUT2D eigenvalue weighted by Crippen LogP contribution is 2.19. The van der Waals surface area contributed by atoms with E-state index < -0.39 is 11.9 Å². The van der Waals surface area contributed by atoms with Crippen LogP contribution in [0.25, 0.3) is 17.1 Å². The van der Waals surface area contributed by atoms with E-state index in [0.29, 0.717) is 38.9 Å². The molecular formula is C27H25N5O5. The summed E-state index contributed by atoms with van der Waals surface area (Å²) in [7, 11) is 1.23. The lowest BCUT2D eigenvalue weighted by molar-refractivity contribution is -0.136. The van der Waals surface area contributed by atoms with E-state index in [1.807, 2.05) is 0 Å². The zero-order valence-electron chi connectivity index (χ0n) is 20.5. The lowest BCUT2D eigenvalue weighted by atomic mass is 9.98. The molecule has 188 valence electrons. The molecule has 0 spiro atoms. The van der Waals surface area contributed by atoms with Crippen molar-refractivity contribution in [2.24, 2.45) is 0 Å². The van der Waals surface area contributed by atoms with Crippen LogP contribution in [0.15, 0.2) is 60.3 Å². The SMILES string of the molecule is COC(=O)/C(=C/c1ccc2n[nH]nc2c1)NC(=O)c1c(C)cc(C(=O)NCc2cccc(O)c2)cc1C. The summed E-state index contributed by atoms with van der Waals surface area (Å²) in [6, 6.07) is 15.0. The summed E-state index contributed by atoms with van der Waals surface area (Å²) in [4.78, 5) is 38.3. The van der Waals surface area contributed by atoms with Gasteiger partial charge in [0, 0.05) is 17.7 Å². The number of fused-ring (bicyclic) bond motifs is 1. The molecule has 1 aromatic heterocycles. The van der Waals surface area contributed by atoms with E-state index in [9.17, 15) is 19.5 Å². The molecule has 4 N–H and O–H groups in total. The number of carbonyl (C=O) groups excluding carboxylic acids is 3. The van der Waals surface area contributed by atoms with Crippen molar-refractivity contribution < 1.29 is 24.2 Å². The highest BCUT2D eigenvalue weighted by molar-refractivity contribution is 6.05. The number of aromatic hydroxyl groups is 1. The molecule has 0 unspecified atom stereocenters. The van der Waals surface area contributed by atoms with E-state index in [1.165, 1.54) is 13.2 Å². The summed E-state index contributed by atoms with van der Waals surface area (Å²) in [5.74, 6) is -1.43. The number of aromatic amines is 1. The number of methoxy groups -OCH3 is 1. The van der Waals surface area contributed by atoms with Crippen LogP contribution in [0.1, 0.15) is 43.0 Å². The van der Waals surface area contributed by atoms with Crippen LogP contribution < -0.4 is 10.6 Å². The first kappa shape index (κ1) is 25.1. The topological polar surface area (TPSA) is 146 Å². The van der Waals surface area contributed by atoms with Gasteiger partial charge in [-0.05, 0) is 78.6 Å². The van der Waals surface area contributed by atoms with Crippen LogP contribution in [-0.4, -0.2) is 45.4 Å². The minimum absolute atomic E-state index is 0.0536. The number of hydrogen-bond donors (Lipinski definition) is 4. The molecule has 3 aromatic carbocycles. The Labute approximate surface area is 212 Å². The number of benzene rings is 3. The molecule has 2 amide bonds. The van der Waals surface area contributed by atoms with Crippen molar-refractivity contribution in [3.05, 3.63) is 93.7 Å². The largest absolute Gasteiger partial charge is 0.508 e. The van der Waals surface area contributed by atoms with Gasteiger partial charge >= 0.3 is 5.97 Å². The number of H-pyrrole nitrogens is 1. The van der Waals surface area contributed by atoms with Gasteiger partial charge in [0.15, 0.2) is 0 Å². The second-order valence-corrected chi connectivity index (χ2v) is 8.41. The van der Waals surface area contributed by atoms with E-state index in [1.54, 1.807) is 68.4 Å². The number of aryl methyl sites for hydroxylation is 2. The van der Waals surface area contributed by atoms with Gasteiger partial charge in [0.2, 0.25) is 0 Å². The van der Waals surface area contributed by atoms with Crippen molar-refractivity contribution in [3.63, 3.8) is 0 Å². The molecule has 0 fully saturated rings. The third-order valence-electron chi connectivity index (χ3n) is 5.69. The van der Waals surface area contributed by atoms with Gasteiger partial charge in [0.25, 0.3) is 11.8 Å². The summed E-state index contributed by atoms with van der Waals surface area (Å²) in [6.07, 6.45) is 1.49.